The number of hydrogen-bond donors (Lipinski definition) is 1. The quantitative estimate of drug-likeness (QED) is 0.468. The molecule has 3 nitrogen and oxygen atoms in total. The summed E-state index contributed by atoms with van der Waals surface area (Å²) in [7, 11) is 1.67. The van der Waals surface area contributed by atoms with Crippen molar-refractivity contribution in [2.45, 2.75) is 26.4 Å². The second-order valence-electron chi connectivity index (χ2n) is 2.23. The number of hydrogen-bond acceptors (Lipinski definition) is 2. The molecule has 0 fully saturated rings. The van der Waals surface area contributed by atoms with Gasteiger partial charge in [0.1, 0.15) is 0 Å². The van der Waals surface area contributed by atoms with E-state index in [0.717, 1.165) is 6.42 Å². The van der Waals surface area contributed by atoms with Gasteiger partial charge in [0.15, 0.2) is 0 Å². The molecule has 0 heterocycles. The second-order valence-corrected chi connectivity index (χ2v) is 2.23. The highest BCUT2D eigenvalue weighted by Crippen LogP contribution is 1.88. The minimum absolute atomic E-state index is 0.171. The van der Waals surface area contributed by atoms with E-state index < -0.39 is 0 Å². The summed E-state index contributed by atoms with van der Waals surface area (Å²) in [6.07, 6.45) is 0.987. The predicted molar refractivity (Wildman–Crippen MR) is 43.3 cm³/mol. The SMILES string of the molecule is CCC(N)=NCC(C)OC. The van der Waals surface area contributed by atoms with Crippen LogP contribution in [-0.2, 0) is 4.74 Å². The largest absolute Gasteiger partial charge is 0.387 e. The molecule has 0 bridgehead atoms. The van der Waals surface area contributed by atoms with E-state index in [0.29, 0.717) is 12.4 Å². The van der Waals surface area contributed by atoms with Crippen LogP contribution in [0.25, 0.3) is 0 Å². The van der Waals surface area contributed by atoms with E-state index >= 15 is 0 Å². The molecule has 0 aliphatic carbocycles. The molecule has 0 rings (SSSR count). The van der Waals surface area contributed by atoms with Gasteiger partial charge in [-0.15, -0.1) is 0 Å². The van der Waals surface area contributed by atoms with Crippen molar-refractivity contribution in [3.05, 3.63) is 0 Å². The molecule has 60 valence electrons. The first-order chi connectivity index (χ1) is 4.70. The van der Waals surface area contributed by atoms with Crippen LogP contribution in [0.2, 0.25) is 0 Å². The highest BCUT2D eigenvalue weighted by atomic mass is 16.5. The van der Waals surface area contributed by atoms with Crippen LogP contribution in [0.1, 0.15) is 20.3 Å². The summed E-state index contributed by atoms with van der Waals surface area (Å²) >= 11 is 0. The van der Waals surface area contributed by atoms with Crippen LogP contribution in [-0.4, -0.2) is 25.6 Å². The van der Waals surface area contributed by atoms with Gasteiger partial charge in [0.05, 0.1) is 18.5 Å². The molecular weight excluding hydrogens is 128 g/mol. The molecule has 10 heavy (non-hydrogen) atoms. The number of nitrogens with zero attached hydrogens (tertiary/aromatic N) is 1. The lowest BCUT2D eigenvalue weighted by atomic mass is 10.4. The monoisotopic (exact) mass is 144 g/mol. The average Bonchev–Trinajstić information content (AvgIpc) is 1.99. The van der Waals surface area contributed by atoms with E-state index in [1.54, 1.807) is 7.11 Å². The zero-order valence-electron chi connectivity index (χ0n) is 6.92. The molecular formula is C7H16N2O. The van der Waals surface area contributed by atoms with Crippen LogP contribution in [0.15, 0.2) is 4.99 Å². The maximum absolute atomic E-state index is 5.47. The van der Waals surface area contributed by atoms with Crippen LogP contribution in [0.4, 0.5) is 0 Å². The smallest absolute Gasteiger partial charge is 0.0935 e. The molecule has 0 aromatic carbocycles. The normalized spacial score (nSPS) is 15.3. The van der Waals surface area contributed by atoms with Crippen molar-refractivity contribution in [3.8, 4) is 0 Å². The van der Waals surface area contributed by atoms with E-state index in [2.05, 4.69) is 4.99 Å². The molecule has 2 N–H and O–H groups in total. The van der Waals surface area contributed by atoms with Gasteiger partial charge in [0.2, 0.25) is 0 Å². The van der Waals surface area contributed by atoms with Gasteiger partial charge in [-0.1, -0.05) is 6.92 Å². The molecule has 0 aliphatic heterocycles. The van der Waals surface area contributed by atoms with Gasteiger partial charge in [-0.25, -0.2) is 0 Å². The van der Waals surface area contributed by atoms with Crippen LogP contribution < -0.4 is 5.73 Å². The van der Waals surface area contributed by atoms with E-state index in [4.69, 9.17) is 10.5 Å². The van der Waals surface area contributed by atoms with Gasteiger partial charge in [-0.05, 0) is 6.92 Å². The highest BCUT2D eigenvalue weighted by Gasteiger charge is 1.95. The van der Waals surface area contributed by atoms with Crippen LogP contribution in [0.5, 0.6) is 0 Å². The van der Waals surface area contributed by atoms with Crippen LogP contribution in [0.3, 0.4) is 0 Å². The fraction of sp³-hybridized carbons (Fsp3) is 0.857. The molecule has 0 saturated heterocycles. The van der Waals surface area contributed by atoms with E-state index in [-0.39, 0.29) is 6.10 Å². The van der Waals surface area contributed by atoms with Crippen molar-refractivity contribution in [2.24, 2.45) is 10.7 Å². The van der Waals surface area contributed by atoms with E-state index in [1.807, 2.05) is 13.8 Å². The van der Waals surface area contributed by atoms with Crippen LogP contribution in [0, 0.1) is 0 Å². The zero-order chi connectivity index (χ0) is 7.98. The lowest BCUT2D eigenvalue weighted by molar-refractivity contribution is 0.125. The maximum Gasteiger partial charge on any atom is 0.0935 e. The molecule has 0 aromatic rings. The Morgan fingerprint density at radius 2 is 2.30 bits per heavy atom. The lowest BCUT2D eigenvalue weighted by Gasteiger charge is -2.04. The fourth-order valence-corrected chi connectivity index (χ4v) is 0.432. The summed E-state index contributed by atoms with van der Waals surface area (Å²) in [6.45, 7) is 4.61. The Morgan fingerprint density at radius 3 is 2.70 bits per heavy atom. The Bertz CT molecular complexity index is 112. The molecule has 0 radical (unpaired) electrons. The lowest BCUT2D eigenvalue weighted by Crippen LogP contribution is -2.15. The molecule has 1 unspecified atom stereocenters. The third-order valence-electron chi connectivity index (χ3n) is 1.32. The summed E-state index contributed by atoms with van der Waals surface area (Å²) in [6, 6.07) is 0. The van der Waals surface area contributed by atoms with Crippen molar-refractivity contribution < 1.29 is 4.74 Å². The number of rotatable bonds is 4. The molecule has 0 amide bonds. The van der Waals surface area contributed by atoms with E-state index in [9.17, 15) is 0 Å². The Morgan fingerprint density at radius 1 is 1.70 bits per heavy atom. The highest BCUT2D eigenvalue weighted by molar-refractivity contribution is 5.79. The van der Waals surface area contributed by atoms with Gasteiger partial charge < -0.3 is 10.5 Å². The first-order valence-corrected chi connectivity index (χ1v) is 3.52. The second kappa shape index (κ2) is 5.23. The number of methoxy groups -OCH3 is 1. The summed E-state index contributed by atoms with van der Waals surface area (Å²) in [5.74, 6) is 0.698. The molecule has 0 saturated carbocycles. The Balaban J connectivity index is 3.50. The first-order valence-electron chi connectivity index (χ1n) is 3.52. The summed E-state index contributed by atoms with van der Waals surface area (Å²) < 4.78 is 4.98. The third kappa shape index (κ3) is 4.32. The van der Waals surface area contributed by atoms with Crippen molar-refractivity contribution in [2.75, 3.05) is 13.7 Å². The van der Waals surface area contributed by atoms with Crippen molar-refractivity contribution >= 4 is 5.84 Å². The molecule has 0 aliphatic rings. The fourth-order valence-electron chi connectivity index (χ4n) is 0.432. The van der Waals surface area contributed by atoms with Crippen LogP contribution >= 0.6 is 0 Å². The third-order valence-corrected chi connectivity index (χ3v) is 1.32. The molecule has 1 atom stereocenters. The minimum atomic E-state index is 0.171. The Hall–Kier alpha value is -0.570. The minimum Gasteiger partial charge on any atom is -0.387 e. The van der Waals surface area contributed by atoms with Gasteiger partial charge in [-0.3, -0.25) is 4.99 Å². The number of nitrogens with two attached hydrogens (primary N) is 1. The topological polar surface area (TPSA) is 47.6 Å². The summed E-state index contributed by atoms with van der Waals surface area (Å²) in [5.41, 5.74) is 5.47. The van der Waals surface area contributed by atoms with Crippen molar-refractivity contribution in [3.63, 3.8) is 0 Å². The van der Waals surface area contributed by atoms with E-state index in [1.165, 1.54) is 0 Å². The predicted octanol–water partition coefficient (Wildman–Crippen LogP) is 0.788. The average molecular weight is 144 g/mol. The maximum atomic E-state index is 5.47. The molecule has 0 spiro atoms. The van der Waals surface area contributed by atoms with Crippen molar-refractivity contribution in [1.29, 1.82) is 0 Å². The number of ether oxygens (including phenoxy) is 1. The Kier molecular flexibility index (Phi) is 4.94. The zero-order valence-corrected chi connectivity index (χ0v) is 6.92. The van der Waals surface area contributed by atoms with Crippen molar-refractivity contribution in [1.82, 2.24) is 0 Å². The molecule has 0 aromatic heterocycles. The first kappa shape index (κ1) is 9.43. The molecule has 3 heteroatoms. The summed E-state index contributed by atoms with van der Waals surface area (Å²) in [4.78, 5) is 4.08. The Labute approximate surface area is 62.3 Å². The van der Waals surface area contributed by atoms with Gasteiger partial charge in [0, 0.05) is 13.5 Å². The van der Waals surface area contributed by atoms with Gasteiger partial charge >= 0.3 is 0 Å². The number of aliphatic imine (C=N–C) groups is 1. The number of amidine groups is 1. The summed E-state index contributed by atoms with van der Waals surface area (Å²) in [5, 5.41) is 0. The van der Waals surface area contributed by atoms with Gasteiger partial charge in [0.25, 0.3) is 0 Å². The van der Waals surface area contributed by atoms with Gasteiger partial charge in [-0.2, -0.15) is 0 Å². The standard InChI is InChI=1S/C7H16N2O/c1-4-7(8)9-5-6(2)10-3/h6H,4-5H2,1-3H3,(H2,8,9).